The zero-order valence-corrected chi connectivity index (χ0v) is 17.9. The first-order chi connectivity index (χ1) is 15.4. The fourth-order valence-corrected chi connectivity index (χ4v) is 4.06. The molecule has 3 N–H and O–H groups in total. The molecule has 0 unspecified atom stereocenters. The fourth-order valence-electron chi connectivity index (χ4n) is 3.34. The highest BCUT2D eigenvalue weighted by atomic mass is 32.2. The van der Waals surface area contributed by atoms with Gasteiger partial charge in [0.25, 0.3) is 10.1 Å². The molecular formula is C23H19N5O3S. The highest BCUT2D eigenvalue weighted by Crippen LogP contribution is 2.40. The molecule has 0 aliphatic rings. The average Bonchev–Trinajstić information content (AvgIpc) is 2.78. The van der Waals surface area contributed by atoms with E-state index in [1.54, 1.807) is 36.4 Å². The van der Waals surface area contributed by atoms with E-state index in [-0.39, 0.29) is 21.7 Å². The Morgan fingerprint density at radius 1 is 0.781 bits per heavy atom. The summed E-state index contributed by atoms with van der Waals surface area (Å²) in [4.78, 5) is -0.298. The molecule has 0 aliphatic heterocycles. The molecule has 0 atom stereocenters. The van der Waals surface area contributed by atoms with E-state index < -0.39 is 10.1 Å². The van der Waals surface area contributed by atoms with Crippen molar-refractivity contribution in [1.82, 2.24) is 0 Å². The van der Waals surface area contributed by atoms with Crippen LogP contribution in [-0.2, 0) is 10.1 Å². The van der Waals surface area contributed by atoms with Crippen LogP contribution in [-0.4, -0.2) is 13.0 Å². The van der Waals surface area contributed by atoms with Gasteiger partial charge in [0.2, 0.25) is 0 Å². The highest BCUT2D eigenvalue weighted by Gasteiger charge is 2.19. The van der Waals surface area contributed by atoms with E-state index in [9.17, 15) is 13.0 Å². The molecule has 9 heteroatoms. The summed E-state index contributed by atoms with van der Waals surface area (Å²) in [7, 11) is -4.51. The number of aryl methyl sites for hydroxylation is 1. The molecule has 4 aromatic carbocycles. The van der Waals surface area contributed by atoms with Gasteiger partial charge in [-0.1, -0.05) is 71.5 Å². The predicted octanol–water partition coefficient (Wildman–Crippen LogP) is 6.43. The predicted molar refractivity (Wildman–Crippen MR) is 123 cm³/mol. The molecule has 160 valence electrons. The Morgan fingerprint density at radius 3 is 1.97 bits per heavy atom. The maximum Gasteiger partial charge on any atom is 0.295 e. The van der Waals surface area contributed by atoms with Gasteiger partial charge in [0.15, 0.2) is 0 Å². The van der Waals surface area contributed by atoms with Crippen LogP contribution in [0.15, 0.2) is 104 Å². The first kappa shape index (κ1) is 21.3. The molecule has 8 nitrogen and oxygen atoms in total. The summed E-state index contributed by atoms with van der Waals surface area (Å²) in [6.45, 7) is 2.03. The van der Waals surface area contributed by atoms with Crippen molar-refractivity contribution in [3.8, 4) is 11.1 Å². The maximum atomic E-state index is 11.9. The normalized spacial score (nSPS) is 12.2. The zero-order valence-electron chi connectivity index (χ0n) is 17.0. The number of benzene rings is 4. The van der Waals surface area contributed by atoms with Crippen molar-refractivity contribution in [3.63, 3.8) is 0 Å². The molecule has 32 heavy (non-hydrogen) atoms. The van der Waals surface area contributed by atoms with E-state index in [0.717, 1.165) is 11.1 Å². The molecule has 0 spiro atoms. The van der Waals surface area contributed by atoms with Crippen LogP contribution in [0.1, 0.15) is 5.56 Å². The highest BCUT2D eigenvalue weighted by molar-refractivity contribution is 7.86. The number of hydrogen-bond acceptors (Lipinski definition) is 6. The summed E-state index contributed by atoms with van der Waals surface area (Å²) in [6, 6.07) is 23.4. The Hall–Kier alpha value is -3.95. The summed E-state index contributed by atoms with van der Waals surface area (Å²) < 4.78 is 33.6. The molecule has 0 saturated heterocycles. The van der Waals surface area contributed by atoms with Crippen LogP contribution < -0.4 is 5.84 Å². The monoisotopic (exact) mass is 445 g/mol. The number of rotatable bonds is 5. The molecular weight excluding hydrogens is 426 g/mol. The first-order valence-corrected chi connectivity index (χ1v) is 11.0. The summed E-state index contributed by atoms with van der Waals surface area (Å²) in [5, 5.41) is 16.3. The van der Waals surface area contributed by atoms with Gasteiger partial charge in [-0.2, -0.15) is 13.5 Å². The van der Waals surface area contributed by atoms with Gasteiger partial charge in [0.1, 0.15) is 16.3 Å². The van der Waals surface area contributed by atoms with Crippen molar-refractivity contribution in [3.05, 3.63) is 84.4 Å². The molecule has 0 bridgehead atoms. The van der Waals surface area contributed by atoms with Crippen molar-refractivity contribution in [1.29, 1.82) is 0 Å². The van der Waals surface area contributed by atoms with E-state index in [2.05, 4.69) is 20.6 Å². The minimum absolute atomic E-state index is 0.105. The smallest absolute Gasteiger partial charge is 0.295 e. The van der Waals surface area contributed by atoms with Crippen LogP contribution in [0.2, 0.25) is 0 Å². The molecule has 0 heterocycles. The number of nitrogens with zero attached hydrogens (tertiary/aromatic N) is 4. The summed E-state index contributed by atoms with van der Waals surface area (Å²) in [6.07, 6.45) is 0. The summed E-state index contributed by atoms with van der Waals surface area (Å²) in [5.41, 5.74) is 4.20. The molecule has 4 rings (SSSR count). The molecule has 0 saturated carbocycles. The van der Waals surface area contributed by atoms with E-state index in [4.69, 9.17) is 5.84 Å². The van der Waals surface area contributed by atoms with Crippen LogP contribution in [0.25, 0.3) is 21.9 Å². The standard InChI is InChI=1S/C23H19N5O3S/c1-15-6-8-16(9-7-15)17-10-12-18(13-11-17)25-26-21-14-22(32(29,30)31)19-4-2-3-5-20(19)23(21)27-28-24/h2-14H,1H3,(H2,24,27)(H,29,30,31). The quantitative estimate of drug-likeness (QED) is 0.158. The lowest BCUT2D eigenvalue weighted by Gasteiger charge is -2.08. The van der Waals surface area contributed by atoms with Crippen molar-refractivity contribution in [2.75, 3.05) is 0 Å². The van der Waals surface area contributed by atoms with E-state index >= 15 is 0 Å². The van der Waals surface area contributed by atoms with Crippen LogP contribution in [0.5, 0.6) is 0 Å². The van der Waals surface area contributed by atoms with E-state index in [1.165, 1.54) is 11.6 Å². The SMILES string of the molecule is Cc1ccc(-c2ccc(N=Nc3cc(S(=O)(=O)O)c4ccccc4c3N=NN)cc2)cc1. The minimum atomic E-state index is -4.51. The van der Waals surface area contributed by atoms with E-state index in [1.807, 2.05) is 43.3 Å². The van der Waals surface area contributed by atoms with Gasteiger partial charge in [-0.25, -0.2) is 0 Å². The van der Waals surface area contributed by atoms with Gasteiger partial charge in [-0.3, -0.25) is 4.55 Å². The number of hydrogen-bond donors (Lipinski definition) is 2. The van der Waals surface area contributed by atoms with Crippen LogP contribution in [0.3, 0.4) is 0 Å². The van der Waals surface area contributed by atoms with Gasteiger partial charge < -0.3 is 5.84 Å². The first-order valence-electron chi connectivity index (χ1n) is 9.60. The van der Waals surface area contributed by atoms with Crippen molar-refractivity contribution in [2.24, 2.45) is 26.4 Å². The third-order valence-corrected chi connectivity index (χ3v) is 5.81. The molecule has 0 aliphatic carbocycles. The Kier molecular flexibility index (Phi) is 5.76. The Bertz CT molecular complexity index is 1450. The van der Waals surface area contributed by atoms with Gasteiger partial charge >= 0.3 is 0 Å². The third kappa shape index (κ3) is 4.39. The average molecular weight is 446 g/mol. The Labute approximate surface area is 184 Å². The largest absolute Gasteiger partial charge is 0.305 e. The topological polar surface area (TPSA) is 130 Å². The number of azo groups is 1. The van der Waals surface area contributed by atoms with Crippen LogP contribution in [0, 0.1) is 6.92 Å². The van der Waals surface area contributed by atoms with Gasteiger partial charge in [0, 0.05) is 10.8 Å². The Morgan fingerprint density at radius 2 is 1.38 bits per heavy atom. The fraction of sp³-hybridized carbons (Fsp3) is 0.0435. The molecule has 0 radical (unpaired) electrons. The number of nitrogens with two attached hydrogens (primary N) is 1. The summed E-state index contributed by atoms with van der Waals surface area (Å²) in [5.74, 6) is 5.25. The third-order valence-electron chi connectivity index (χ3n) is 4.92. The molecule has 0 aromatic heterocycles. The van der Waals surface area contributed by atoms with Gasteiger partial charge in [0.05, 0.1) is 5.69 Å². The second-order valence-corrected chi connectivity index (χ2v) is 8.48. The van der Waals surface area contributed by atoms with Gasteiger partial charge in [-0.05, 0) is 36.2 Å². The van der Waals surface area contributed by atoms with Crippen LogP contribution >= 0.6 is 0 Å². The second-order valence-electron chi connectivity index (χ2n) is 7.09. The molecule has 4 aromatic rings. The lowest BCUT2D eigenvalue weighted by molar-refractivity contribution is 0.484. The van der Waals surface area contributed by atoms with Gasteiger partial charge in [-0.15, -0.1) is 10.2 Å². The maximum absolute atomic E-state index is 11.9. The second kappa shape index (κ2) is 8.66. The van der Waals surface area contributed by atoms with Crippen molar-refractivity contribution >= 4 is 38.0 Å². The zero-order chi connectivity index (χ0) is 22.7. The minimum Gasteiger partial charge on any atom is -0.305 e. The molecule has 0 fully saturated rings. The summed E-state index contributed by atoms with van der Waals surface area (Å²) >= 11 is 0. The lowest BCUT2D eigenvalue weighted by Crippen LogP contribution is -1.99. The number of fused-ring (bicyclic) bond motifs is 1. The van der Waals surface area contributed by atoms with Crippen LogP contribution in [0.4, 0.5) is 17.1 Å². The van der Waals surface area contributed by atoms with Crippen molar-refractivity contribution in [2.45, 2.75) is 11.8 Å². The van der Waals surface area contributed by atoms with Crippen molar-refractivity contribution < 1.29 is 13.0 Å². The lowest BCUT2D eigenvalue weighted by atomic mass is 10.0. The Balaban J connectivity index is 1.76. The molecule has 0 amide bonds. The van der Waals surface area contributed by atoms with E-state index in [0.29, 0.717) is 11.1 Å².